The van der Waals surface area contributed by atoms with Crippen molar-refractivity contribution < 1.29 is 4.79 Å². The second-order valence-electron chi connectivity index (χ2n) is 4.93. The van der Waals surface area contributed by atoms with Gasteiger partial charge in [-0.25, -0.2) is 0 Å². The number of thiophene rings is 1. The number of carbonyl (C=O) groups is 1. The summed E-state index contributed by atoms with van der Waals surface area (Å²) < 4.78 is 0. The first kappa shape index (κ1) is 14.6. The fourth-order valence-corrected chi connectivity index (χ4v) is 2.98. The predicted octanol–water partition coefficient (Wildman–Crippen LogP) is 3.44. The number of hydrogen-bond donors (Lipinski definition) is 2. The lowest BCUT2D eigenvalue weighted by atomic mass is 10.0. The maximum absolute atomic E-state index is 12.2. The van der Waals surface area contributed by atoms with Crippen molar-refractivity contribution >= 4 is 22.9 Å². The molecular formula is C16H20N2OS. The lowest BCUT2D eigenvalue weighted by Gasteiger charge is -2.09. The monoisotopic (exact) mass is 288 g/mol. The van der Waals surface area contributed by atoms with Crippen LogP contribution in [0.3, 0.4) is 0 Å². The maximum Gasteiger partial charge on any atom is 0.251 e. The Balaban J connectivity index is 2.07. The van der Waals surface area contributed by atoms with Crippen molar-refractivity contribution in [3.05, 3.63) is 50.7 Å². The Labute approximate surface area is 123 Å². The highest BCUT2D eigenvalue weighted by atomic mass is 32.1. The molecule has 1 heterocycles. The van der Waals surface area contributed by atoms with Gasteiger partial charge in [0.05, 0.1) is 6.54 Å². The Kier molecular flexibility index (Phi) is 4.45. The van der Waals surface area contributed by atoms with Crippen molar-refractivity contribution in [1.82, 2.24) is 5.32 Å². The summed E-state index contributed by atoms with van der Waals surface area (Å²) in [5, 5.41) is 2.96. The van der Waals surface area contributed by atoms with Crippen LogP contribution in [0.4, 0.5) is 5.69 Å². The third-order valence-corrected chi connectivity index (χ3v) is 4.58. The van der Waals surface area contributed by atoms with Crippen LogP contribution < -0.4 is 11.1 Å². The first-order valence-corrected chi connectivity index (χ1v) is 7.55. The molecule has 0 aliphatic carbocycles. The molecule has 0 aliphatic heterocycles. The minimum absolute atomic E-state index is 0.0688. The van der Waals surface area contributed by atoms with Crippen molar-refractivity contribution in [3.63, 3.8) is 0 Å². The van der Waals surface area contributed by atoms with Gasteiger partial charge in [-0.1, -0.05) is 13.0 Å². The van der Waals surface area contributed by atoms with Crippen LogP contribution in [0.5, 0.6) is 0 Å². The van der Waals surface area contributed by atoms with Crippen LogP contribution in [0.25, 0.3) is 0 Å². The van der Waals surface area contributed by atoms with E-state index in [2.05, 4.69) is 24.4 Å². The summed E-state index contributed by atoms with van der Waals surface area (Å²) in [6.45, 7) is 6.58. The summed E-state index contributed by atoms with van der Waals surface area (Å²) in [7, 11) is 0. The van der Waals surface area contributed by atoms with Crippen LogP contribution in [0.15, 0.2) is 24.3 Å². The van der Waals surface area contributed by atoms with Crippen molar-refractivity contribution in [2.24, 2.45) is 0 Å². The number of amides is 1. The Bertz CT molecular complexity index is 631. The van der Waals surface area contributed by atoms with Gasteiger partial charge in [0.1, 0.15) is 0 Å². The first-order chi connectivity index (χ1) is 9.51. The van der Waals surface area contributed by atoms with Crippen LogP contribution in [0.1, 0.15) is 38.2 Å². The predicted molar refractivity (Wildman–Crippen MR) is 85.2 cm³/mol. The Morgan fingerprint density at radius 3 is 2.55 bits per heavy atom. The number of nitrogens with two attached hydrogens (primary N) is 1. The average molecular weight is 288 g/mol. The zero-order chi connectivity index (χ0) is 14.7. The van der Waals surface area contributed by atoms with Crippen molar-refractivity contribution in [2.45, 2.75) is 33.7 Å². The number of benzene rings is 1. The van der Waals surface area contributed by atoms with Crippen molar-refractivity contribution in [2.75, 3.05) is 5.73 Å². The molecule has 0 bridgehead atoms. The third-order valence-electron chi connectivity index (χ3n) is 3.35. The van der Waals surface area contributed by atoms with Gasteiger partial charge in [0.25, 0.3) is 5.91 Å². The molecule has 0 fully saturated rings. The van der Waals surface area contributed by atoms with E-state index in [-0.39, 0.29) is 5.91 Å². The number of aryl methyl sites for hydroxylation is 3. The topological polar surface area (TPSA) is 55.1 Å². The Hall–Kier alpha value is -1.81. The van der Waals surface area contributed by atoms with Gasteiger partial charge in [-0.2, -0.15) is 0 Å². The normalized spacial score (nSPS) is 10.6. The second kappa shape index (κ2) is 6.09. The van der Waals surface area contributed by atoms with E-state index in [1.165, 1.54) is 9.75 Å². The van der Waals surface area contributed by atoms with E-state index in [0.29, 0.717) is 17.8 Å². The summed E-state index contributed by atoms with van der Waals surface area (Å²) in [6.07, 6.45) is 1.03. The molecule has 4 heteroatoms. The molecule has 0 aliphatic rings. The van der Waals surface area contributed by atoms with Crippen LogP contribution in [-0.2, 0) is 13.0 Å². The summed E-state index contributed by atoms with van der Waals surface area (Å²) >= 11 is 1.74. The van der Waals surface area contributed by atoms with Crippen LogP contribution in [-0.4, -0.2) is 5.91 Å². The molecule has 0 unspecified atom stereocenters. The molecule has 0 saturated carbocycles. The third kappa shape index (κ3) is 3.20. The molecule has 0 radical (unpaired) electrons. The number of carbonyl (C=O) groups excluding carboxylic acids is 1. The molecule has 0 saturated heterocycles. The molecule has 0 spiro atoms. The van der Waals surface area contributed by atoms with Gasteiger partial charge in [0, 0.05) is 21.0 Å². The van der Waals surface area contributed by atoms with E-state index in [0.717, 1.165) is 17.5 Å². The minimum Gasteiger partial charge on any atom is -0.398 e. The van der Waals surface area contributed by atoms with E-state index in [4.69, 9.17) is 5.73 Å². The highest BCUT2D eigenvalue weighted by molar-refractivity contribution is 7.11. The zero-order valence-corrected chi connectivity index (χ0v) is 12.9. The maximum atomic E-state index is 12.2. The van der Waals surface area contributed by atoms with Gasteiger partial charge < -0.3 is 11.1 Å². The van der Waals surface area contributed by atoms with E-state index >= 15 is 0 Å². The number of nitrogen functional groups attached to an aromatic ring is 1. The van der Waals surface area contributed by atoms with Gasteiger partial charge >= 0.3 is 0 Å². The summed E-state index contributed by atoms with van der Waals surface area (Å²) in [5.74, 6) is -0.0688. The molecule has 3 N–H and O–H groups in total. The fourth-order valence-electron chi connectivity index (χ4n) is 2.08. The molecule has 20 heavy (non-hydrogen) atoms. The molecule has 0 atom stereocenters. The largest absolute Gasteiger partial charge is 0.398 e. The number of anilines is 1. The summed E-state index contributed by atoms with van der Waals surface area (Å²) in [5.41, 5.74) is 9.15. The molecule has 106 valence electrons. The van der Waals surface area contributed by atoms with E-state index in [1.54, 1.807) is 17.4 Å². The van der Waals surface area contributed by atoms with Crippen molar-refractivity contribution in [1.29, 1.82) is 0 Å². The van der Waals surface area contributed by atoms with Crippen LogP contribution in [0, 0.1) is 13.8 Å². The molecule has 2 aromatic rings. The van der Waals surface area contributed by atoms with E-state index < -0.39 is 0 Å². The average Bonchev–Trinajstić information content (AvgIpc) is 2.88. The fraction of sp³-hybridized carbons (Fsp3) is 0.312. The highest BCUT2D eigenvalue weighted by Gasteiger charge is 2.11. The lowest BCUT2D eigenvalue weighted by Crippen LogP contribution is -2.23. The standard InChI is InChI=1S/C16H20N2OS/c1-4-12-5-6-13(20-12)9-18-16(19)14-8-15(17)11(3)7-10(14)2/h5-8H,4,9,17H2,1-3H3,(H,18,19). The highest BCUT2D eigenvalue weighted by Crippen LogP contribution is 2.19. The van der Waals surface area contributed by atoms with Gasteiger partial charge in [-0.05, 0) is 49.6 Å². The lowest BCUT2D eigenvalue weighted by molar-refractivity contribution is 0.0950. The van der Waals surface area contributed by atoms with Gasteiger partial charge in [0.15, 0.2) is 0 Å². The molecule has 1 amide bonds. The van der Waals surface area contributed by atoms with Crippen LogP contribution in [0.2, 0.25) is 0 Å². The zero-order valence-electron chi connectivity index (χ0n) is 12.1. The number of hydrogen-bond acceptors (Lipinski definition) is 3. The number of nitrogens with one attached hydrogen (secondary N) is 1. The minimum atomic E-state index is -0.0688. The number of rotatable bonds is 4. The molecule has 1 aromatic heterocycles. The summed E-state index contributed by atoms with van der Waals surface area (Å²) in [4.78, 5) is 14.7. The van der Waals surface area contributed by atoms with Crippen LogP contribution >= 0.6 is 11.3 Å². The first-order valence-electron chi connectivity index (χ1n) is 6.73. The van der Waals surface area contributed by atoms with E-state index in [9.17, 15) is 4.79 Å². The second-order valence-corrected chi connectivity index (χ2v) is 6.18. The quantitative estimate of drug-likeness (QED) is 0.847. The summed E-state index contributed by atoms with van der Waals surface area (Å²) in [6, 6.07) is 7.89. The van der Waals surface area contributed by atoms with E-state index in [1.807, 2.05) is 19.9 Å². The molecular weight excluding hydrogens is 268 g/mol. The Morgan fingerprint density at radius 1 is 1.20 bits per heavy atom. The Morgan fingerprint density at radius 2 is 1.90 bits per heavy atom. The van der Waals surface area contributed by atoms with Gasteiger partial charge in [-0.3, -0.25) is 4.79 Å². The molecule has 2 rings (SSSR count). The van der Waals surface area contributed by atoms with Gasteiger partial charge in [-0.15, -0.1) is 11.3 Å². The molecule has 3 nitrogen and oxygen atoms in total. The van der Waals surface area contributed by atoms with Crippen molar-refractivity contribution in [3.8, 4) is 0 Å². The smallest absolute Gasteiger partial charge is 0.251 e. The SMILES string of the molecule is CCc1ccc(CNC(=O)c2cc(N)c(C)cc2C)s1. The van der Waals surface area contributed by atoms with Gasteiger partial charge in [0.2, 0.25) is 0 Å². The molecule has 1 aromatic carbocycles.